The Balaban J connectivity index is 2.69. The summed E-state index contributed by atoms with van der Waals surface area (Å²) in [6.45, 7) is -0.322. The molecule has 0 spiro atoms. The van der Waals surface area contributed by atoms with E-state index in [0.29, 0.717) is 0 Å². The lowest BCUT2D eigenvalue weighted by molar-refractivity contribution is 0.219. The van der Waals surface area contributed by atoms with Crippen LogP contribution in [0.2, 0.25) is 0 Å². The van der Waals surface area contributed by atoms with Crippen molar-refractivity contribution in [1.82, 2.24) is 0 Å². The molecular formula is C9H13NO6S2. The number of benzene rings is 1. The largest absolute Gasteiger partial charge is 0.490 e. The Bertz CT molecular complexity index is 608. The summed E-state index contributed by atoms with van der Waals surface area (Å²) in [5, 5.41) is 5.00. The van der Waals surface area contributed by atoms with E-state index in [4.69, 9.17) is 9.88 Å². The zero-order valence-electron chi connectivity index (χ0n) is 9.57. The monoisotopic (exact) mass is 295 g/mol. The highest BCUT2D eigenvalue weighted by Gasteiger charge is 2.14. The molecule has 1 aromatic carbocycles. The number of primary sulfonamides is 1. The van der Waals surface area contributed by atoms with Crippen molar-refractivity contribution in [1.29, 1.82) is 0 Å². The van der Waals surface area contributed by atoms with Gasteiger partial charge in [0, 0.05) is 0 Å². The van der Waals surface area contributed by atoms with E-state index in [1.165, 1.54) is 18.2 Å². The summed E-state index contributed by atoms with van der Waals surface area (Å²) in [5.41, 5.74) is 0. The molecule has 0 aliphatic carbocycles. The standard InChI is InChI=1S/C9H13NO6S2/c1-17(11,12)16-7-6-15-8-4-2-3-5-9(8)18(10,13)14/h2-5H,6-7H2,1H3,(H2,10,13,14). The maximum atomic E-state index is 11.2. The topological polar surface area (TPSA) is 113 Å². The molecule has 0 bridgehead atoms. The Morgan fingerprint density at radius 2 is 1.72 bits per heavy atom. The average Bonchev–Trinajstić information content (AvgIpc) is 2.22. The van der Waals surface area contributed by atoms with Gasteiger partial charge in [0.1, 0.15) is 23.9 Å². The van der Waals surface area contributed by atoms with Gasteiger partial charge in [-0.15, -0.1) is 0 Å². The van der Waals surface area contributed by atoms with E-state index in [1.807, 2.05) is 0 Å². The lowest BCUT2D eigenvalue weighted by Gasteiger charge is -2.09. The molecule has 18 heavy (non-hydrogen) atoms. The van der Waals surface area contributed by atoms with Crippen LogP contribution in [-0.2, 0) is 24.3 Å². The van der Waals surface area contributed by atoms with Gasteiger partial charge in [-0.05, 0) is 12.1 Å². The van der Waals surface area contributed by atoms with Crippen molar-refractivity contribution in [2.45, 2.75) is 4.90 Å². The maximum absolute atomic E-state index is 11.2. The van der Waals surface area contributed by atoms with Crippen LogP contribution in [0.4, 0.5) is 0 Å². The molecule has 0 atom stereocenters. The summed E-state index contributed by atoms with van der Waals surface area (Å²) in [4.78, 5) is -0.163. The summed E-state index contributed by atoms with van der Waals surface area (Å²) in [7, 11) is -7.42. The van der Waals surface area contributed by atoms with Crippen LogP contribution in [0.15, 0.2) is 29.2 Å². The quantitative estimate of drug-likeness (QED) is 0.569. The van der Waals surface area contributed by atoms with Crippen molar-refractivity contribution >= 4 is 20.1 Å². The van der Waals surface area contributed by atoms with Crippen molar-refractivity contribution in [3.05, 3.63) is 24.3 Å². The van der Waals surface area contributed by atoms with Gasteiger partial charge >= 0.3 is 0 Å². The number of nitrogens with two attached hydrogens (primary N) is 1. The zero-order valence-corrected chi connectivity index (χ0v) is 11.2. The summed E-state index contributed by atoms with van der Waals surface area (Å²) < 4.78 is 53.3. The van der Waals surface area contributed by atoms with Crippen molar-refractivity contribution in [2.75, 3.05) is 19.5 Å². The highest BCUT2D eigenvalue weighted by atomic mass is 32.2. The van der Waals surface area contributed by atoms with Crippen molar-refractivity contribution in [2.24, 2.45) is 5.14 Å². The first-order valence-corrected chi connectivity index (χ1v) is 8.15. The fraction of sp³-hybridized carbons (Fsp3) is 0.333. The van der Waals surface area contributed by atoms with Gasteiger partial charge in [0.05, 0.1) is 6.26 Å². The molecule has 1 rings (SSSR count). The molecule has 0 amide bonds. The average molecular weight is 295 g/mol. The lowest BCUT2D eigenvalue weighted by Crippen LogP contribution is -2.16. The van der Waals surface area contributed by atoms with E-state index in [-0.39, 0.29) is 23.9 Å². The Morgan fingerprint density at radius 3 is 2.28 bits per heavy atom. The van der Waals surface area contributed by atoms with Gasteiger partial charge in [0.15, 0.2) is 0 Å². The van der Waals surface area contributed by atoms with Crippen LogP contribution in [0.5, 0.6) is 5.75 Å². The number of ether oxygens (including phenoxy) is 1. The fourth-order valence-corrected chi connectivity index (χ4v) is 2.19. The van der Waals surface area contributed by atoms with E-state index < -0.39 is 20.1 Å². The first kappa shape index (κ1) is 14.9. The minimum Gasteiger partial charge on any atom is -0.490 e. The highest BCUT2D eigenvalue weighted by Crippen LogP contribution is 2.21. The molecule has 102 valence electrons. The number of rotatable bonds is 6. The van der Waals surface area contributed by atoms with Gasteiger partial charge in [-0.3, -0.25) is 4.18 Å². The second kappa shape index (κ2) is 5.65. The molecule has 2 N–H and O–H groups in total. The molecule has 0 saturated heterocycles. The molecule has 0 fully saturated rings. The van der Waals surface area contributed by atoms with Crippen molar-refractivity contribution in [3.8, 4) is 5.75 Å². The SMILES string of the molecule is CS(=O)(=O)OCCOc1ccccc1S(N)(=O)=O. The first-order valence-electron chi connectivity index (χ1n) is 4.79. The molecule has 7 nitrogen and oxygen atoms in total. The fourth-order valence-electron chi connectivity index (χ4n) is 1.14. The molecule has 0 aliphatic heterocycles. The Kier molecular flexibility index (Phi) is 4.68. The van der Waals surface area contributed by atoms with Crippen molar-refractivity contribution in [3.63, 3.8) is 0 Å². The summed E-state index contributed by atoms with van der Waals surface area (Å²) >= 11 is 0. The number of hydrogen-bond acceptors (Lipinski definition) is 6. The Labute approximate surface area is 106 Å². The van der Waals surface area contributed by atoms with E-state index in [1.54, 1.807) is 6.07 Å². The van der Waals surface area contributed by atoms with E-state index in [0.717, 1.165) is 6.26 Å². The zero-order chi connectivity index (χ0) is 13.8. The van der Waals surface area contributed by atoms with Crippen LogP contribution >= 0.6 is 0 Å². The highest BCUT2D eigenvalue weighted by molar-refractivity contribution is 7.89. The second-order valence-corrected chi connectivity index (χ2v) is 6.54. The molecule has 0 heterocycles. The molecule has 0 radical (unpaired) electrons. The van der Waals surface area contributed by atoms with Crippen LogP contribution in [0.25, 0.3) is 0 Å². The minimum absolute atomic E-state index is 0.0529. The number of para-hydroxylation sites is 1. The molecular weight excluding hydrogens is 282 g/mol. The van der Waals surface area contributed by atoms with Crippen LogP contribution in [0, 0.1) is 0 Å². The third kappa shape index (κ3) is 5.00. The summed E-state index contributed by atoms with van der Waals surface area (Å²) in [5.74, 6) is 0.0529. The third-order valence-corrected chi connectivity index (χ3v) is 3.34. The van der Waals surface area contributed by atoms with Crippen LogP contribution in [0.3, 0.4) is 0 Å². The molecule has 0 aromatic heterocycles. The number of sulfonamides is 1. The van der Waals surface area contributed by atoms with E-state index in [2.05, 4.69) is 4.18 Å². The van der Waals surface area contributed by atoms with Gasteiger partial charge in [0.25, 0.3) is 10.1 Å². The van der Waals surface area contributed by atoms with Gasteiger partial charge < -0.3 is 4.74 Å². The van der Waals surface area contributed by atoms with Crippen LogP contribution < -0.4 is 9.88 Å². The normalized spacial score (nSPS) is 12.3. The maximum Gasteiger partial charge on any atom is 0.264 e. The summed E-state index contributed by atoms with van der Waals surface area (Å²) in [6, 6.07) is 5.78. The van der Waals surface area contributed by atoms with Gasteiger partial charge in [-0.2, -0.15) is 8.42 Å². The Hall–Kier alpha value is -1.16. The molecule has 0 saturated carbocycles. The number of hydrogen-bond donors (Lipinski definition) is 1. The van der Waals surface area contributed by atoms with E-state index >= 15 is 0 Å². The predicted octanol–water partition coefficient (Wildman–Crippen LogP) is -0.311. The molecule has 1 aromatic rings. The van der Waals surface area contributed by atoms with Gasteiger partial charge in [0.2, 0.25) is 10.0 Å². The molecule has 0 unspecified atom stereocenters. The molecule has 0 aliphatic rings. The first-order chi connectivity index (χ1) is 8.20. The van der Waals surface area contributed by atoms with Crippen molar-refractivity contribution < 1.29 is 25.8 Å². The Morgan fingerprint density at radius 1 is 1.11 bits per heavy atom. The van der Waals surface area contributed by atoms with Gasteiger partial charge in [-0.25, -0.2) is 13.6 Å². The lowest BCUT2D eigenvalue weighted by atomic mass is 10.3. The van der Waals surface area contributed by atoms with Crippen LogP contribution in [-0.4, -0.2) is 36.3 Å². The molecule has 9 heteroatoms. The van der Waals surface area contributed by atoms with E-state index in [9.17, 15) is 16.8 Å². The minimum atomic E-state index is -3.88. The third-order valence-electron chi connectivity index (χ3n) is 1.79. The van der Waals surface area contributed by atoms with Crippen LogP contribution in [0.1, 0.15) is 0 Å². The predicted molar refractivity (Wildman–Crippen MR) is 64.1 cm³/mol. The smallest absolute Gasteiger partial charge is 0.264 e. The summed E-state index contributed by atoms with van der Waals surface area (Å²) in [6.07, 6.45) is 0.908. The van der Waals surface area contributed by atoms with Gasteiger partial charge in [-0.1, -0.05) is 12.1 Å². The second-order valence-electron chi connectivity index (χ2n) is 3.37.